The summed E-state index contributed by atoms with van der Waals surface area (Å²) in [6, 6.07) is 15.4. The summed E-state index contributed by atoms with van der Waals surface area (Å²) in [6.45, 7) is 0. The molecule has 2 aromatic carbocycles. The lowest BCUT2D eigenvalue weighted by molar-refractivity contribution is -0.00000424. The quantitative estimate of drug-likeness (QED) is 0.509. The Morgan fingerprint density at radius 3 is 1.55 bits per heavy atom. The molecule has 106 valence electrons. The lowest BCUT2D eigenvalue weighted by Gasteiger charge is -2.23. The minimum atomic E-state index is 0. The lowest BCUT2D eigenvalue weighted by atomic mass is 10.2. The molecule has 2 rings (SSSR count). The van der Waals surface area contributed by atoms with E-state index in [2.05, 4.69) is 43.5 Å². The van der Waals surface area contributed by atoms with Gasteiger partial charge in [0.25, 0.3) is 0 Å². The number of nitrogen functional groups attached to an aromatic ring is 1. The Balaban J connectivity index is 0.00000200. The molecule has 2 N–H and O–H groups in total. The molecule has 4 nitrogen and oxygen atoms in total. The zero-order valence-electron chi connectivity index (χ0n) is 11.9. The molecule has 0 bridgehead atoms. The second kappa shape index (κ2) is 6.50. The molecule has 5 heteroatoms. The molecule has 20 heavy (non-hydrogen) atoms. The summed E-state index contributed by atoms with van der Waals surface area (Å²) >= 11 is 0. The van der Waals surface area contributed by atoms with Crippen LogP contribution in [0.1, 0.15) is 0 Å². The number of nitrogens with two attached hydrogens (primary N) is 1. The van der Waals surface area contributed by atoms with E-state index < -0.39 is 0 Å². The highest BCUT2D eigenvalue weighted by atomic mass is 35.5. The Morgan fingerprint density at radius 1 is 0.750 bits per heavy atom. The van der Waals surface area contributed by atoms with Crippen molar-refractivity contribution in [1.82, 2.24) is 4.48 Å². The molecule has 0 spiro atoms. The van der Waals surface area contributed by atoms with Crippen LogP contribution >= 0.6 is 0 Å². The largest absolute Gasteiger partial charge is 1.00 e. The third kappa shape index (κ3) is 4.33. The minimum Gasteiger partial charge on any atom is -1.00 e. The Morgan fingerprint density at radius 2 is 1.15 bits per heavy atom. The second-order valence-corrected chi connectivity index (χ2v) is 5.32. The highest BCUT2D eigenvalue weighted by molar-refractivity contribution is 5.51. The highest BCUT2D eigenvalue weighted by Crippen LogP contribution is 2.23. The molecule has 0 saturated carbocycles. The van der Waals surface area contributed by atoms with Crippen LogP contribution in [0.25, 0.3) is 0 Å². The first-order valence-electron chi connectivity index (χ1n) is 6.14. The Labute approximate surface area is 125 Å². The molecule has 0 unspecified atom stereocenters. The standard InChI is InChI=1S/C15H19N4.ClH/c1-19(2,3)15-10-8-14(9-11-15)18-17-13-6-4-12(16)5-7-13;/h4-11H,16H2,1-3H3;1H/q+1;/p-1/b18-17+;. The van der Waals surface area contributed by atoms with E-state index in [1.165, 1.54) is 5.69 Å². The number of hydrogen-bond acceptors (Lipinski definition) is 3. The zero-order valence-corrected chi connectivity index (χ0v) is 12.7. The minimum absolute atomic E-state index is 0. The summed E-state index contributed by atoms with van der Waals surface area (Å²) in [5, 5.41) is 8.38. The maximum atomic E-state index is 5.62. The van der Waals surface area contributed by atoms with E-state index in [4.69, 9.17) is 5.73 Å². The van der Waals surface area contributed by atoms with Gasteiger partial charge in [0, 0.05) is 17.8 Å². The Hall–Kier alpha value is -1.91. The third-order valence-corrected chi connectivity index (χ3v) is 2.80. The van der Waals surface area contributed by atoms with E-state index in [1.807, 2.05) is 36.4 Å². The van der Waals surface area contributed by atoms with Crippen LogP contribution in [0.4, 0.5) is 22.7 Å². The van der Waals surface area contributed by atoms with E-state index in [9.17, 15) is 0 Å². The number of nitrogens with zero attached hydrogens (tertiary/aromatic N) is 3. The maximum Gasteiger partial charge on any atom is 0.132 e. The molecule has 0 aliphatic carbocycles. The fraction of sp³-hybridized carbons (Fsp3) is 0.200. The van der Waals surface area contributed by atoms with Gasteiger partial charge in [-0.2, -0.15) is 10.2 Å². The van der Waals surface area contributed by atoms with E-state index in [1.54, 1.807) is 0 Å². The fourth-order valence-corrected chi connectivity index (χ4v) is 1.62. The van der Waals surface area contributed by atoms with Gasteiger partial charge in [-0.3, -0.25) is 4.48 Å². The van der Waals surface area contributed by atoms with Crippen LogP contribution in [0.2, 0.25) is 0 Å². The van der Waals surface area contributed by atoms with E-state index >= 15 is 0 Å². The van der Waals surface area contributed by atoms with E-state index in [0.29, 0.717) is 0 Å². The number of halogens is 1. The normalized spacial score (nSPS) is 11.3. The van der Waals surface area contributed by atoms with Crippen molar-refractivity contribution in [2.24, 2.45) is 10.2 Å². The summed E-state index contributed by atoms with van der Waals surface area (Å²) in [5.74, 6) is 0. The molecule has 0 aliphatic rings. The van der Waals surface area contributed by atoms with Crippen molar-refractivity contribution in [2.75, 3.05) is 26.9 Å². The molecule has 0 radical (unpaired) electrons. The topological polar surface area (TPSA) is 50.7 Å². The lowest BCUT2D eigenvalue weighted by Crippen LogP contribution is -3.00. The molecule has 0 aliphatic heterocycles. The van der Waals surface area contributed by atoms with Crippen molar-refractivity contribution in [3.63, 3.8) is 0 Å². The first-order chi connectivity index (χ1) is 8.95. The van der Waals surface area contributed by atoms with Crippen molar-refractivity contribution in [2.45, 2.75) is 0 Å². The number of azo groups is 1. The first-order valence-corrected chi connectivity index (χ1v) is 6.14. The third-order valence-electron chi connectivity index (χ3n) is 2.80. The van der Waals surface area contributed by atoms with Gasteiger partial charge in [0.2, 0.25) is 0 Å². The van der Waals surface area contributed by atoms with Crippen LogP contribution in [0.5, 0.6) is 0 Å². The van der Waals surface area contributed by atoms with Crippen molar-refractivity contribution in [1.29, 1.82) is 0 Å². The predicted molar refractivity (Wildman–Crippen MR) is 81.0 cm³/mol. The number of benzene rings is 2. The number of rotatable bonds is 3. The SMILES string of the molecule is C[N+](C)(C)c1ccc(/N=N/c2ccc(N)cc2)cc1.[Cl-]. The molecule has 0 aromatic heterocycles. The summed E-state index contributed by atoms with van der Waals surface area (Å²) in [4.78, 5) is 0. The number of hydrogen-bond donors (Lipinski definition) is 1. The van der Waals surface area contributed by atoms with Gasteiger partial charge in [-0.15, -0.1) is 0 Å². The van der Waals surface area contributed by atoms with Crippen LogP contribution in [-0.2, 0) is 0 Å². The summed E-state index contributed by atoms with van der Waals surface area (Å²) in [6.07, 6.45) is 0. The van der Waals surface area contributed by atoms with E-state index in [-0.39, 0.29) is 12.4 Å². The van der Waals surface area contributed by atoms with Crippen molar-refractivity contribution >= 4 is 22.7 Å². The van der Waals surface area contributed by atoms with Crippen LogP contribution in [0, 0.1) is 0 Å². The van der Waals surface area contributed by atoms with Crippen LogP contribution in [-0.4, -0.2) is 21.1 Å². The van der Waals surface area contributed by atoms with Gasteiger partial charge >= 0.3 is 0 Å². The van der Waals surface area contributed by atoms with E-state index in [0.717, 1.165) is 21.5 Å². The van der Waals surface area contributed by atoms with Crippen LogP contribution < -0.4 is 22.6 Å². The first kappa shape index (κ1) is 16.1. The average molecular weight is 291 g/mol. The molecular formula is C15H19ClN4. The summed E-state index contributed by atoms with van der Waals surface area (Å²) in [7, 11) is 6.39. The molecule has 2 aromatic rings. The number of quaternary nitrogens is 1. The molecule has 0 atom stereocenters. The molecule has 0 amide bonds. The monoisotopic (exact) mass is 290 g/mol. The Bertz CT molecular complexity index is 568. The highest BCUT2D eigenvalue weighted by Gasteiger charge is 2.10. The zero-order chi connectivity index (χ0) is 13.9. The van der Waals surface area contributed by atoms with Crippen molar-refractivity contribution < 1.29 is 12.4 Å². The maximum absolute atomic E-state index is 5.62. The van der Waals surface area contributed by atoms with Gasteiger partial charge in [0.1, 0.15) is 5.69 Å². The van der Waals surface area contributed by atoms with Crippen molar-refractivity contribution in [3.8, 4) is 0 Å². The van der Waals surface area contributed by atoms with Gasteiger partial charge in [-0.05, 0) is 36.4 Å². The smallest absolute Gasteiger partial charge is 0.132 e. The van der Waals surface area contributed by atoms with Crippen molar-refractivity contribution in [3.05, 3.63) is 48.5 Å². The Kier molecular flexibility index (Phi) is 5.25. The van der Waals surface area contributed by atoms with Crippen LogP contribution in [0.15, 0.2) is 58.8 Å². The summed E-state index contributed by atoms with van der Waals surface area (Å²) < 4.78 is 0.787. The van der Waals surface area contributed by atoms with Gasteiger partial charge in [0.05, 0.1) is 32.5 Å². The van der Waals surface area contributed by atoms with Gasteiger partial charge in [0.15, 0.2) is 0 Å². The van der Waals surface area contributed by atoms with Gasteiger partial charge in [-0.25, -0.2) is 0 Å². The summed E-state index contributed by atoms with van der Waals surface area (Å²) in [5.41, 5.74) is 9.21. The number of anilines is 1. The molecule has 0 saturated heterocycles. The van der Waals surface area contributed by atoms with Crippen LogP contribution in [0.3, 0.4) is 0 Å². The molecule has 0 heterocycles. The predicted octanol–water partition coefficient (Wildman–Crippen LogP) is 0.885. The molecule has 0 fully saturated rings. The van der Waals surface area contributed by atoms with Gasteiger partial charge in [-0.1, -0.05) is 0 Å². The van der Waals surface area contributed by atoms with Gasteiger partial charge < -0.3 is 18.1 Å². The molecular weight excluding hydrogens is 272 g/mol. The average Bonchev–Trinajstić information content (AvgIpc) is 2.37. The fourth-order valence-electron chi connectivity index (χ4n) is 1.62. The second-order valence-electron chi connectivity index (χ2n) is 5.32.